The van der Waals surface area contributed by atoms with Crippen LogP contribution >= 0.6 is 11.6 Å². The maximum Gasteiger partial charge on any atom is 0.269 e. The highest BCUT2D eigenvalue weighted by atomic mass is 35.5. The number of non-ortho nitro benzene ring substituents is 2. The van der Waals surface area contributed by atoms with Crippen molar-refractivity contribution < 1.29 is 15.0 Å². The van der Waals surface area contributed by atoms with Crippen LogP contribution in [0.2, 0.25) is 0 Å². The van der Waals surface area contributed by atoms with Gasteiger partial charge in [-0.2, -0.15) is 0 Å². The Hall–Kier alpha value is -2.99. The summed E-state index contributed by atoms with van der Waals surface area (Å²) in [6, 6.07) is 13.4. The van der Waals surface area contributed by atoms with E-state index in [1.54, 1.807) is 24.3 Å². The standard InChI is InChI=1S/C12H16ClN3O2.C12H17N3O3/c13-5-6-14-7-9-15(10-8-14)11-1-3-12(4-2-11)16(17)18;16-10-9-13-5-7-14(8-6-13)11-1-3-12(4-2-11)15(17)18/h1-4H,5-10H2;1-4,16H,5-10H2. The zero-order valence-corrected chi connectivity index (χ0v) is 21.0. The molecule has 2 aliphatic heterocycles. The molecule has 0 spiro atoms. The fraction of sp³-hybridized carbons (Fsp3) is 0.500. The zero-order chi connectivity index (χ0) is 25.9. The van der Waals surface area contributed by atoms with Crippen molar-refractivity contribution in [3.8, 4) is 0 Å². The van der Waals surface area contributed by atoms with Crippen LogP contribution in [-0.2, 0) is 0 Å². The number of hydrogen-bond donors (Lipinski definition) is 1. The summed E-state index contributed by atoms with van der Waals surface area (Å²) in [5.74, 6) is 0.664. The summed E-state index contributed by atoms with van der Waals surface area (Å²) in [4.78, 5) is 29.4. The van der Waals surface area contributed by atoms with Crippen LogP contribution in [0.25, 0.3) is 0 Å². The number of β-amino-alcohol motifs (C(OH)–C–C–N with tert-alkyl or cyclic N) is 1. The lowest BCUT2D eigenvalue weighted by Crippen LogP contribution is -2.47. The van der Waals surface area contributed by atoms with Gasteiger partial charge in [0.05, 0.1) is 16.5 Å². The third kappa shape index (κ3) is 8.02. The number of rotatable bonds is 8. The summed E-state index contributed by atoms with van der Waals surface area (Å²) in [7, 11) is 0. The summed E-state index contributed by atoms with van der Waals surface area (Å²) in [6.07, 6.45) is 0. The van der Waals surface area contributed by atoms with Crippen LogP contribution < -0.4 is 9.80 Å². The minimum atomic E-state index is -0.386. The number of piperazine rings is 2. The normalized spacial score (nSPS) is 16.8. The van der Waals surface area contributed by atoms with Crippen LogP contribution in [-0.4, -0.2) is 103 Å². The molecule has 36 heavy (non-hydrogen) atoms. The molecule has 11 nitrogen and oxygen atoms in total. The summed E-state index contributed by atoms with van der Waals surface area (Å²) in [5, 5.41) is 30.0. The van der Waals surface area contributed by atoms with Gasteiger partial charge in [-0.1, -0.05) is 0 Å². The van der Waals surface area contributed by atoms with Gasteiger partial charge in [-0.15, -0.1) is 11.6 Å². The topological polar surface area (TPSA) is 119 Å². The van der Waals surface area contributed by atoms with Gasteiger partial charge in [-0.3, -0.25) is 30.0 Å². The van der Waals surface area contributed by atoms with Crippen LogP contribution in [0.5, 0.6) is 0 Å². The molecule has 12 heteroatoms. The maximum atomic E-state index is 10.6. The van der Waals surface area contributed by atoms with Gasteiger partial charge < -0.3 is 14.9 Å². The molecule has 196 valence electrons. The second-order valence-electron chi connectivity index (χ2n) is 8.62. The number of benzene rings is 2. The molecule has 4 rings (SSSR count). The van der Waals surface area contributed by atoms with Crippen LogP contribution in [0.1, 0.15) is 0 Å². The Morgan fingerprint density at radius 3 is 1.33 bits per heavy atom. The van der Waals surface area contributed by atoms with E-state index in [4.69, 9.17) is 16.7 Å². The van der Waals surface area contributed by atoms with Crippen molar-refractivity contribution in [2.24, 2.45) is 0 Å². The van der Waals surface area contributed by atoms with E-state index in [9.17, 15) is 20.2 Å². The molecule has 1 N–H and O–H groups in total. The third-order valence-corrected chi connectivity index (χ3v) is 6.58. The van der Waals surface area contributed by atoms with E-state index in [0.717, 1.165) is 70.3 Å². The molecule has 0 saturated carbocycles. The van der Waals surface area contributed by atoms with E-state index in [0.29, 0.717) is 12.4 Å². The predicted molar refractivity (Wildman–Crippen MR) is 141 cm³/mol. The minimum absolute atomic E-state index is 0.123. The first-order valence-corrected chi connectivity index (χ1v) is 12.5. The minimum Gasteiger partial charge on any atom is -0.395 e. The van der Waals surface area contributed by atoms with Crippen LogP contribution in [0.4, 0.5) is 22.7 Å². The molecule has 2 aliphatic rings. The van der Waals surface area contributed by atoms with Gasteiger partial charge >= 0.3 is 0 Å². The first-order valence-electron chi connectivity index (χ1n) is 12.0. The average Bonchev–Trinajstić information content (AvgIpc) is 2.90. The highest BCUT2D eigenvalue weighted by Gasteiger charge is 2.18. The number of nitro benzene ring substituents is 2. The molecule has 0 aliphatic carbocycles. The Morgan fingerprint density at radius 2 is 1.03 bits per heavy atom. The van der Waals surface area contributed by atoms with E-state index in [2.05, 4.69) is 19.6 Å². The number of nitrogens with zero attached hydrogens (tertiary/aromatic N) is 6. The molecule has 0 aromatic heterocycles. The van der Waals surface area contributed by atoms with Crippen molar-refractivity contribution in [2.75, 3.05) is 87.7 Å². The highest BCUT2D eigenvalue weighted by molar-refractivity contribution is 6.18. The SMILES string of the molecule is O=[N+]([O-])c1ccc(N2CCN(CCCl)CC2)cc1.O=[N+]([O-])c1ccc(N2CCN(CCO)CC2)cc1. The maximum absolute atomic E-state index is 10.6. The summed E-state index contributed by atoms with van der Waals surface area (Å²) in [6.45, 7) is 9.29. The zero-order valence-electron chi connectivity index (χ0n) is 20.2. The molecule has 2 aromatic rings. The number of anilines is 2. The van der Waals surface area contributed by atoms with Crippen molar-refractivity contribution in [1.82, 2.24) is 9.80 Å². The van der Waals surface area contributed by atoms with Gasteiger partial charge in [0.25, 0.3) is 11.4 Å². The van der Waals surface area contributed by atoms with Crippen molar-refractivity contribution in [1.29, 1.82) is 0 Å². The monoisotopic (exact) mass is 520 g/mol. The highest BCUT2D eigenvalue weighted by Crippen LogP contribution is 2.21. The van der Waals surface area contributed by atoms with Gasteiger partial charge in [-0.05, 0) is 24.3 Å². The molecule has 2 heterocycles. The summed E-state index contributed by atoms with van der Waals surface area (Å²) in [5.41, 5.74) is 2.33. The van der Waals surface area contributed by atoms with Crippen molar-refractivity contribution in [2.45, 2.75) is 0 Å². The molecule has 0 radical (unpaired) electrons. The number of nitro groups is 2. The summed E-state index contributed by atoms with van der Waals surface area (Å²) >= 11 is 5.72. The molecule has 0 bridgehead atoms. The number of aliphatic hydroxyl groups is 1. The number of alkyl halides is 1. The first-order chi connectivity index (χ1) is 17.4. The third-order valence-electron chi connectivity index (χ3n) is 6.41. The van der Waals surface area contributed by atoms with Crippen LogP contribution in [0.3, 0.4) is 0 Å². The fourth-order valence-corrected chi connectivity index (χ4v) is 4.53. The van der Waals surface area contributed by atoms with Crippen LogP contribution in [0, 0.1) is 20.2 Å². The van der Waals surface area contributed by atoms with Crippen molar-refractivity contribution in [3.05, 3.63) is 68.8 Å². The van der Waals surface area contributed by atoms with Crippen LogP contribution in [0.15, 0.2) is 48.5 Å². The lowest BCUT2D eigenvalue weighted by atomic mass is 10.2. The second-order valence-corrected chi connectivity index (χ2v) is 8.99. The van der Waals surface area contributed by atoms with Gasteiger partial charge in [0.15, 0.2) is 0 Å². The molecule has 2 saturated heterocycles. The molecule has 0 atom stereocenters. The van der Waals surface area contributed by atoms with E-state index in [1.165, 1.54) is 12.1 Å². The predicted octanol–water partition coefficient (Wildman–Crippen LogP) is 2.66. The number of halogens is 1. The van der Waals surface area contributed by atoms with Crippen molar-refractivity contribution >= 4 is 34.4 Å². The molecular weight excluding hydrogens is 488 g/mol. The van der Waals surface area contributed by atoms with Gasteiger partial charge in [-0.25, -0.2) is 0 Å². The Kier molecular flexibility index (Phi) is 10.7. The average molecular weight is 521 g/mol. The Balaban J connectivity index is 0.000000201. The Bertz CT molecular complexity index is 882. The molecular formula is C24H33ClN6O5. The number of hydrogen-bond acceptors (Lipinski definition) is 9. The molecule has 2 aromatic carbocycles. The smallest absolute Gasteiger partial charge is 0.269 e. The second kappa shape index (κ2) is 13.9. The van der Waals surface area contributed by atoms with Gasteiger partial charge in [0, 0.05) is 107 Å². The van der Waals surface area contributed by atoms with Gasteiger partial charge in [0.1, 0.15) is 0 Å². The summed E-state index contributed by atoms with van der Waals surface area (Å²) < 4.78 is 0. The molecule has 2 fully saturated rings. The van der Waals surface area contributed by atoms with E-state index in [1.807, 2.05) is 12.1 Å². The lowest BCUT2D eigenvalue weighted by Gasteiger charge is -2.35. The quantitative estimate of drug-likeness (QED) is 0.318. The Labute approximate surface area is 215 Å². The Morgan fingerprint density at radius 1 is 0.667 bits per heavy atom. The van der Waals surface area contributed by atoms with E-state index >= 15 is 0 Å². The van der Waals surface area contributed by atoms with Gasteiger partial charge in [0.2, 0.25) is 0 Å². The largest absolute Gasteiger partial charge is 0.395 e. The van der Waals surface area contributed by atoms with E-state index < -0.39 is 0 Å². The molecule has 0 unspecified atom stereocenters. The van der Waals surface area contributed by atoms with Crippen molar-refractivity contribution in [3.63, 3.8) is 0 Å². The molecule has 0 amide bonds. The first kappa shape index (κ1) is 27.6. The number of aliphatic hydroxyl groups excluding tert-OH is 1. The fourth-order valence-electron chi connectivity index (χ4n) is 4.29. The lowest BCUT2D eigenvalue weighted by molar-refractivity contribution is -0.385. The van der Waals surface area contributed by atoms with E-state index in [-0.39, 0.29) is 27.8 Å².